The van der Waals surface area contributed by atoms with Crippen molar-refractivity contribution in [3.05, 3.63) is 64.4 Å². The lowest BCUT2D eigenvalue weighted by atomic mass is 9.94. The SMILES string of the molecule is COc1ccc([C@@H](C(=O)NC2CCCCC2)N(C(=O)c2snc(C(N)=O)c2N)c2cccc(F)c2)cc1OC. The van der Waals surface area contributed by atoms with Crippen molar-refractivity contribution in [1.82, 2.24) is 9.69 Å². The number of primary amides is 1. The average Bonchev–Trinajstić information content (AvgIpc) is 3.32. The van der Waals surface area contributed by atoms with Gasteiger partial charge in [-0.3, -0.25) is 19.3 Å². The number of methoxy groups -OCH3 is 2. The molecule has 1 heterocycles. The molecule has 2 aromatic carbocycles. The maximum atomic E-state index is 14.5. The number of aromatic nitrogens is 1. The van der Waals surface area contributed by atoms with Gasteiger partial charge in [-0.1, -0.05) is 31.4 Å². The van der Waals surface area contributed by atoms with Crippen LogP contribution in [-0.2, 0) is 4.79 Å². The molecule has 0 bridgehead atoms. The molecule has 1 atom stereocenters. The van der Waals surface area contributed by atoms with Gasteiger partial charge >= 0.3 is 0 Å². The normalized spacial score (nSPS) is 14.3. The molecule has 4 rings (SSSR count). The van der Waals surface area contributed by atoms with Gasteiger partial charge in [0.1, 0.15) is 16.7 Å². The Morgan fingerprint density at radius 3 is 2.41 bits per heavy atom. The van der Waals surface area contributed by atoms with Gasteiger partial charge in [0.15, 0.2) is 17.2 Å². The summed E-state index contributed by atoms with van der Waals surface area (Å²) in [5.41, 5.74) is 11.5. The zero-order valence-electron chi connectivity index (χ0n) is 21.6. The summed E-state index contributed by atoms with van der Waals surface area (Å²) in [5, 5.41) is 3.08. The maximum Gasteiger partial charge on any atom is 0.273 e. The van der Waals surface area contributed by atoms with Crippen molar-refractivity contribution >= 4 is 40.6 Å². The van der Waals surface area contributed by atoms with Crippen LogP contribution in [0.5, 0.6) is 11.5 Å². The van der Waals surface area contributed by atoms with Gasteiger partial charge in [0.25, 0.3) is 11.8 Å². The highest BCUT2D eigenvalue weighted by molar-refractivity contribution is 7.09. The summed E-state index contributed by atoms with van der Waals surface area (Å²) in [7, 11) is 2.94. The Hall–Kier alpha value is -4.19. The first-order valence-corrected chi connectivity index (χ1v) is 13.2. The quantitative estimate of drug-likeness (QED) is 0.363. The second-order valence-corrected chi connectivity index (χ2v) is 9.93. The molecule has 0 radical (unpaired) electrons. The minimum atomic E-state index is -1.26. The molecule has 1 aromatic heterocycles. The Morgan fingerprint density at radius 1 is 1.08 bits per heavy atom. The molecule has 3 aromatic rings. The van der Waals surface area contributed by atoms with Gasteiger partial charge in [0.05, 0.1) is 19.9 Å². The first-order chi connectivity index (χ1) is 18.7. The van der Waals surface area contributed by atoms with Crippen LogP contribution < -0.4 is 31.2 Å². The molecule has 12 heteroatoms. The van der Waals surface area contributed by atoms with E-state index in [1.807, 2.05) is 0 Å². The lowest BCUT2D eigenvalue weighted by Gasteiger charge is -2.33. The Balaban J connectivity index is 1.89. The fraction of sp³-hybridized carbons (Fsp3) is 0.333. The number of benzene rings is 2. The van der Waals surface area contributed by atoms with Crippen LogP contribution in [0.2, 0.25) is 0 Å². The van der Waals surface area contributed by atoms with E-state index in [1.54, 1.807) is 18.2 Å². The van der Waals surface area contributed by atoms with Crippen molar-refractivity contribution < 1.29 is 28.2 Å². The number of hydrogen-bond donors (Lipinski definition) is 3. The number of nitrogen functional groups attached to an aromatic ring is 1. The first-order valence-electron chi connectivity index (χ1n) is 12.4. The van der Waals surface area contributed by atoms with Crippen molar-refractivity contribution in [2.24, 2.45) is 5.73 Å². The predicted molar refractivity (Wildman–Crippen MR) is 146 cm³/mol. The van der Waals surface area contributed by atoms with Crippen LogP contribution in [0.15, 0.2) is 42.5 Å². The fourth-order valence-corrected chi connectivity index (χ4v) is 5.46. The lowest BCUT2D eigenvalue weighted by molar-refractivity contribution is -0.123. The van der Waals surface area contributed by atoms with Gasteiger partial charge in [-0.05, 0) is 60.3 Å². The molecule has 39 heavy (non-hydrogen) atoms. The van der Waals surface area contributed by atoms with E-state index in [0.717, 1.165) is 43.1 Å². The minimum absolute atomic E-state index is 0.0757. The van der Waals surface area contributed by atoms with Crippen molar-refractivity contribution in [2.75, 3.05) is 24.9 Å². The van der Waals surface area contributed by atoms with E-state index in [9.17, 15) is 18.8 Å². The topological polar surface area (TPSA) is 150 Å². The average molecular weight is 556 g/mol. The minimum Gasteiger partial charge on any atom is -0.493 e. The lowest BCUT2D eigenvalue weighted by Crippen LogP contribution is -2.47. The number of rotatable bonds is 9. The molecule has 0 aliphatic heterocycles. The molecular formula is C27H30FN5O5S. The maximum absolute atomic E-state index is 14.5. The Labute approximate surface area is 229 Å². The van der Waals surface area contributed by atoms with E-state index in [1.165, 1.54) is 32.4 Å². The van der Waals surface area contributed by atoms with E-state index in [0.29, 0.717) is 28.6 Å². The predicted octanol–water partition coefficient (Wildman–Crippen LogP) is 3.82. The van der Waals surface area contributed by atoms with Gasteiger partial charge in [-0.15, -0.1) is 0 Å². The number of nitrogens with two attached hydrogens (primary N) is 2. The van der Waals surface area contributed by atoms with Crippen LogP contribution >= 0.6 is 11.5 Å². The summed E-state index contributed by atoms with van der Waals surface area (Å²) in [6.45, 7) is 0. The molecule has 0 unspecified atom stereocenters. The molecular weight excluding hydrogens is 525 g/mol. The highest BCUT2D eigenvalue weighted by Gasteiger charge is 2.37. The number of nitrogens with zero attached hydrogens (tertiary/aromatic N) is 2. The van der Waals surface area contributed by atoms with Crippen LogP contribution in [0.4, 0.5) is 15.8 Å². The molecule has 0 saturated heterocycles. The van der Waals surface area contributed by atoms with E-state index >= 15 is 0 Å². The van der Waals surface area contributed by atoms with Gasteiger partial charge in [0, 0.05) is 11.7 Å². The van der Waals surface area contributed by atoms with Crippen LogP contribution in [0.25, 0.3) is 0 Å². The summed E-state index contributed by atoms with van der Waals surface area (Å²) < 4.78 is 29.2. The summed E-state index contributed by atoms with van der Waals surface area (Å²) >= 11 is 0.676. The molecule has 10 nitrogen and oxygen atoms in total. The van der Waals surface area contributed by atoms with Crippen LogP contribution in [0.3, 0.4) is 0 Å². The molecule has 1 saturated carbocycles. The highest BCUT2D eigenvalue weighted by atomic mass is 32.1. The number of halogens is 1. The van der Waals surface area contributed by atoms with E-state index in [-0.39, 0.29) is 28.0 Å². The fourth-order valence-electron chi connectivity index (χ4n) is 4.72. The van der Waals surface area contributed by atoms with Crippen LogP contribution in [0.1, 0.15) is 63.9 Å². The molecule has 1 fully saturated rings. The number of carbonyl (C=O) groups excluding carboxylic acids is 3. The van der Waals surface area contributed by atoms with Crippen molar-refractivity contribution in [3.63, 3.8) is 0 Å². The third-order valence-electron chi connectivity index (χ3n) is 6.64. The summed E-state index contributed by atoms with van der Waals surface area (Å²) in [6, 6.07) is 8.82. The number of hydrogen-bond acceptors (Lipinski definition) is 8. The van der Waals surface area contributed by atoms with E-state index in [4.69, 9.17) is 20.9 Å². The van der Waals surface area contributed by atoms with Crippen LogP contribution in [0, 0.1) is 5.82 Å². The number of amides is 3. The Bertz CT molecular complexity index is 1370. The molecule has 0 spiro atoms. The molecule has 1 aliphatic rings. The molecule has 3 amide bonds. The molecule has 5 N–H and O–H groups in total. The third kappa shape index (κ3) is 5.95. The number of carbonyl (C=O) groups is 3. The summed E-state index contributed by atoms with van der Waals surface area (Å²) in [5.74, 6) is -1.96. The summed E-state index contributed by atoms with van der Waals surface area (Å²) in [4.78, 5) is 40.9. The zero-order chi connectivity index (χ0) is 28.1. The van der Waals surface area contributed by atoms with Gasteiger partial charge in [-0.2, -0.15) is 4.37 Å². The number of anilines is 2. The van der Waals surface area contributed by atoms with Crippen LogP contribution in [-0.4, -0.2) is 42.4 Å². The third-order valence-corrected chi connectivity index (χ3v) is 7.49. The largest absolute Gasteiger partial charge is 0.493 e. The van der Waals surface area contributed by atoms with Crippen molar-refractivity contribution in [1.29, 1.82) is 0 Å². The standard InChI is InChI=1S/C27H30FN5O5S/c1-37-19-12-11-15(13-20(19)38-2)23(26(35)31-17-8-4-3-5-9-17)33(18-10-6-7-16(28)14-18)27(36)24-21(29)22(25(30)34)32-39-24/h6-7,10-14,17,23H,3-5,8-9,29H2,1-2H3,(H2,30,34)(H,31,35)/t23-/m0/s1. The van der Waals surface area contributed by atoms with Gasteiger partial charge in [-0.25, -0.2) is 4.39 Å². The smallest absolute Gasteiger partial charge is 0.273 e. The number of ether oxygens (including phenoxy) is 2. The van der Waals surface area contributed by atoms with Gasteiger partial charge in [0.2, 0.25) is 5.91 Å². The monoisotopic (exact) mass is 555 g/mol. The Kier molecular flexibility index (Phi) is 8.65. The Morgan fingerprint density at radius 2 is 1.79 bits per heavy atom. The highest BCUT2D eigenvalue weighted by Crippen LogP contribution is 2.37. The van der Waals surface area contributed by atoms with E-state index < -0.39 is 29.6 Å². The van der Waals surface area contributed by atoms with Crippen molar-refractivity contribution in [2.45, 2.75) is 44.2 Å². The zero-order valence-corrected chi connectivity index (χ0v) is 22.4. The number of nitrogens with one attached hydrogen (secondary N) is 1. The first kappa shape index (κ1) is 27.8. The van der Waals surface area contributed by atoms with E-state index in [2.05, 4.69) is 9.69 Å². The molecule has 1 aliphatic carbocycles. The van der Waals surface area contributed by atoms with Crippen molar-refractivity contribution in [3.8, 4) is 11.5 Å². The second kappa shape index (κ2) is 12.1. The summed E-state index contributed by atoms with van der Waals surface area (Å²) in [6.07, 6.45) is 4.66. The van der Waals surface area contributed by atoms with Gasteiger partial charge < -0.3 is 26.3 Å². The molecule has 206 valence electrons. The second-order valence-electron chi connectivity index (χ2n) is 9.15.